The fourth-order valence-electron chi connectivity index (χ4n) is 3.34. The Balaban J connectivity index is 1.85. The lowest BCUT2D eigenvalue weighted by Gasteiger charge is -2.19. The quantitative estimate of drug-likeness (QED) is 0.490. The van der Waals surface area contributed by atoms with Crippen molar-refractivity contribution in [3.63, 3.8) is 0 Å². The molecule has 1 aliphatic rings. The summed E-state index contributed by atoms with van der Waals surface area (Å²) in [5.74, 6) is 0.238. The Kier molecular flexibility index (Phi) is 5.46. The zero-order valence-corrected chi connectivity index (χ0v) is 17.7. The zero-order valence-electron chi connectivity index (χ0n) is 16.9. The van der Waals surface area contributed by atoms with Gasteiger partial charge < -0.3 is 5.32 Å². The number of nitrogens with zero attached hydrogens (tertiary/aromatic N) is 2. The predicted octanol–water partition coefficient (Wildman–Crippen LogP) is 4.27. The van der Waals surface area contributed by atoms with Crippen molar-refractivity contribution in [2.24, 2.45) is 0 Å². The molecule has 0 unspecified atom stereocenters. The van der Waals surface area contributed by atoms with Crippen molar-refractivity contribution in [1.29, 1.82) is 0 Å². The van der Waals surface area contributed by atoms with Gasteiger partial charge in [-0.25, -0.2) is 4.98 Å². The topological polar surface area (TPSA) is 64.0 Å². The number of aromatic nitrogens is 2. The summed E-state index contributed by atoms with van der Waals surface area (Å²) in [6, 6.07) is 15.6. The van der Waals surface area contributed by atoms with Gasteiger partial charge in [0.25, 0.3) is 5.56 Å². The third-order valence-corrected chi connectivity index (χ3v) is 6.17. The molecule has 150 valence electrons. The monoisotopic (exact) mass is 407 g/mol. The third kappa shape index (κ3) is 4.08. The highest BCUT2D eigenvalue weighted by atomic mass is 32.2. The standard InChI is InChI=1S/C23H25N3O2S/c1-14(2)17-8-5-7-11-20(17)26-22(28)18-9-4-6-10-19(18)25-23(26)29-15(3)21(27)24-16-12-13-16/h4-11,14-16H,12-13H2,1-3H3,(H,24,27)/t15-/m0/s1. The molecule has 4 rings (SSSR count). The Bertz CT molecular complexity index is 1120. The third-order valence-electron chi connectivity index (χ3n) is 5.12. The van der Waals surface area contributed by atoms with E-state index < -0.39 is 0 Å². The average molecular weight is 408 g/mol. The van der Waals surface area contributed by atoms with Crippen LogP contribution in [-0.4, -0.2) is 26.8 Å². The fourth-order valence-corrected chi connectivity index (χ4v) is 4.27. The van der Waals surface area contributed by atoms with Crippen LogP contribution in [0.2, 0.25) is 0 Å². The minimum absolute atomic E-state index is 0.0106. The molecule has 6 heteroatoms. The Hall–Kier alpha value is -2.60. The molecule has 1 aromatic heterocycles. The van der Waals surface area contributed by atoms with E-state index in [0.29, 0.717) is 22.1 Å². The van der Waals surface area contributed by atoms with E-state index in [2.05, 4.69) is 19.2 Å². The summed E-state index contributed by atoms with van der Waals surface area (Å²) >= 11 is 1.33. The SMILES string of the molecule is CC(C)c1ccccc1-n1c(S[C@@H](C)C(=O)NC2CC2)nc2ccccc2c1=O. The highest BCUT2D eigenvalue weighted by molar-refractivity contribution is 8.00. The highest BCUT2D eigenvalue weighted by Crippen LogP contribution is 2.29. The maximum Gasteiger partial charge on any atom is 0.266 e. The van der Waals surface area contributed by atoms with Gasteiger partial charge in [-0.1, -0.05) is 55.9 Å². The number of para-hydroxylation sites is 2. The van der Waals surface area contributed by atoms with Gasteiger partial charge in [0.15, 0.2) is 5.16 Å². The van der Waals surface area contributed by atoms with Gasteiger partial charge in [-0.2, -0.15) is 0 Å². The summed E-state index contributed by atoms with van der Waals surface area (Å²) in [6.45, 7) is 6.08. The lowest BCUT2D eigenvalue weighted by atomic mass is 10.0. The van der Waals surface area contributed by atoms with Gasteiger partial charge in [-0.15, -0.1) is 0 Å². The summed E-state index contributed by atoms with van der Waals surface area (Å²) in [7, 11) is 0. The van der Waals surface area contributed by atoms with Crippen LogP contribution >= 0.6 is 11.8 Å². The van der Waals surface area contributed by atoms with Gasteiger partial charge in [-0.05, 0) is 49.4 Å². The molecule has 0 saturated heterocycles. The number of amides is 1. The highest BCUT2D eigenvalue weighted by Gasteiger charge is 2.27. The van der Waals surface area contributed by atoms with Gasteiger partial charge >= 0.3 is 0 Å². The molecule has 0 bridgehead atoms. The molecule has 1 atom stereocenters. The largest absolute Gasteiger partial charge is 0.352 e. The number of nitrogens with one attached hydrogen (secondary N) is 1. The molecule has 1 amide bonds. The van der Waals surface area contributed by atoms with E-state index in [0.717, 1.165) is 24.1 Å². The van der Waals surface area contributed by atoms with Crippen LogP contribution in [0.25, 0.3) is 16.6 Å². The van der Waals surface area contributed by atoms with Crippen molar-refractivity contribution < 1.29 is 4.79 Å². The predicted molar refractivity (Wildman–Crippen MR) is 118 cm³/mol. The van der Waals surface area contributed by atoms with Crippen LogP contribution in [-0.2, 0) is 4.79 Å². The van der Waals surface area contributed by atoms with Crippen LogP contribution in [0.1, 0.15) is 45.1 Å². The van der Waals surface area contributed by atoms with E-state index >= 15 is 0 Å². The summed E-state index contributed by atoms with van der Waals surface area (Å²) in [5.41, 5.74) is 2.43. The number of carbonyl (C=O) groups excluding carboxylic acids is 1. The molecular weight excluding hydrogens is 382 g/mol. The van der Waals surface area contributed by atoms with Crippen molar-refractivity contribution in [2.45, 2.75) is 56.0 Å². The molecule has 0 radical (unpaired) electrons. The first-order chi connectivity index (χ1) is 14.0. The number of benzene rings is 2. The second-order valence-corrected chi connectivity index (χ2v) is 9.12. The number of carbonyl (C=O) groups is 1. The molecule has 0 aliphatic heterocycles. The molecule has 3 aromatic rings. The fraction of sp³-hybridized carbons (Fsp3) is 0.348. The number of hydrogen-bond acceptors (Lipinski definition) is 4. The number of hydrogen-bond donors (Lipinski definition) is 1. The van der Waals surface area contributed by atoms with Crippen LogP contribution in [0.3, 0.4) is 0 Å². The van der Waals surface area contributed by atoms with Crippen LogP contribution in [0, 0.1) is 0 Å². The van der Waals surface area contributed by atoms with E-state index in [9.17, 15) is 9.59 Å². The van der Waals surface area contributed by atoms with E-state index in [1.165, 1.54) is 11.8 Å². The maximum absolute atomic E-state index is 13.5. The molecule has 0 spiro atoms. The molecule has 5 nitrogen and oxygen atoms in total. The summed E-state index contributed by atoms with van der Waals surface area (Å²) < 4.78 is 1.67. The summed E-state index contributed by atoms with van der Waals surface area (Å²) in [5, 5.41) is 3.81. The van der Waals surface area contributed by atoms with Crippen LogP contribution in [0.15, 0.2) is 58.5 Å². The smallest absolute Gasteiger partial charge is 0.266 e. The van der Waals surface area contributed by atoms with Gasteiger partial charge in [-0.3, -0.25) is 14.2 Å². The Morgan fingerprint density at radius 3 is 2.52 bits per heavy atom. The van der Waals surface area contributed by atoms with E-state index in [-0.39, 0.29) is 22.6 Å². The summed E-state index contributed by atoms with van der Waals surface area (Å²) in [4.78, 5) is 30.8. The van der Waals surface area contributed by atoms with Crippen molar-refractivity contribution in [3.05, 3.63) is 64.4 Å². The first-order valence-corrected chi connectivity index (χ1v) is 10.9. The molecule has 1 aliphatic carbocycles. The number of thioether (sulfide) groups is 1. The normalized spacial score (nSPS) is 14.9. The molecule has 1 N–H and O–H groups in total. The number of fused-ring (bicyclic) bond motifs is 1. The Morgan fingerprint density at radius 1 is 1.10 bits per heavy atom. The molecule has 1 saturated carbocycles. The second kappa shape index (κ2) is 8.03. The van der Waals surface area contributed by atoms with E-state index in [4.69, 9.17) is 4.98 Å². The molecule has 1 heterocycles. The van der Waals surface area contributed by atoms with Crippen LogP contribution in [0.4, 0.5) is 0 Å². The lowest BCUT2D eigenvalue weighted by Crippen LogP contribution is -2.33. The zero-order chi connectivity index (χ0) is 20.5. The second-order valence-electron chi connectivity index (χ2n) is 7.81. The first kappa shape index (κ1) is 19.7. The van der Waals surface area contributed by atoms with Crippen molar-refractivity contribution in [3.8, 4) is 5.69 Å². The minimum atomic E-state index is -0.346. The molecule has 1 fully saturated rings. The maximum atomic E-state index is 13.5. The van der Waals surface area contributed by atoms with Gasteiger partial charge in [0.1, 0.15) is 0 Å². The molecule has 29 heavy (non-hydrogen) atoms. The average Bonchev–Trinajstić information content (AvgIpc) is 3.52. The lowest BCUT2D eigenvalue weighted by molar-refractivity contribution is -0.120. The van der Waals surface area contributed by atoms with E-state index in [1.807, 2.05) is 49.4 Å². The summed E-state index contributed by atoms with van der Waals surface area (Å²) in [6.07, 6.45) is 2.09. The van der Waals surface area contributed by atoms with E-state index in [1.54, 1.807) is 10.6 Å². The first-order valence-electron chi connectivity index (χ1n) is 10.0. The van der Waals surface area contributed by atoms with Crippen LogP contribution in [0.5, 0.6) is 0 Å². The van der Waals surface area contributed by atoms with Gasteiger partial charge in [0, 0.05) is 6.04 Å². The molecular formula is C23H25N3O2S. The Morgan fingerprint density at radius 2 is 1.79 bits per heavy atom. The Labute approximate surface area is 174 Å². The van der Waals surface area contributed by atoms with Gasteiger partial charge in [0.05, 0.1) is 21.8 Å². The van der Waals surface area contributed by atoms with Crippen molar-refractivity contribution >= 4 is 28.6 Å². The molecule has 2 aromatic carbocycles. The van der Waals surface area contributed by atoms with Crippen molar-refractivity contribution in [1.82, 2.24) is 14.9 Å². The van der Waals surface area contributed by atoms with Gasteiger partial charge in [0.2, 0.25) is 5.91 Å². The minimum Gasteiger partial charge on any atom is -0.352 e. The number of rotatable bonds is 6. The van der Waals surface area contributed by atoms with Crippen LogP contribution < -0.4 is 10.9 Å². The van der Waals surface area contributed by atoms with Crippen molar-refractivity contribution in [2.75, 3.05) is 0 Å².